The number of urea groups is 1. The number of amides is 2. The number of aromatic nitrogens is 1. The third-order valence-electron chi connectivity index (χ3n) is 4.10. The highest BCUT2D eigenvalue weighted by molar-refractivity contribution is 5.78. The highest BCUT2D eigenvalue weighted by atomic mass is 16.5. The smallest absolute Gasteiger partial charge is 0.317 e. The molecule has 21 heavy (non-hydrogen) atoms. The third-order valence-corrected chi connectivity index (χ3v) is 4.10. The van der Waals surface area contributed by atoms with Crippen molar-refractivity contribution >= 4 is 12.0 Å². The van der Waals surface area contributed by atoms with Crippen molar-refractivity contribution in [3.63, 3.8) is 0 Å². The lowest BCUT2D eigenvalue weighted by atomic mass is 9.82. The first-order valence-corrected chi connectivity index (χ1v) is 7.01. The molecular formula is C14H21N3O4. The number of aryl methyl sites for hydroxylation is 2. The molecule has 1 saturated heterocycles. The molecule has 1 unspecified atom stereocenters. The molecule has 2 heterocycles. The molecule has 116 valence electrons. The zero-order valence-electron chi connectivity index (χ0n) is 12.6. The summed E-state index contributed by atoms with van der Waals surface area (Å²) in [5, 5.41) is 15.9. The van der Waals surface area contributed by atoms with Crippen molar-refractivity contribution in [2.45, 2.75) is 40.2 Å². The minimum Gasteiger partial charge on any atom is -0.481 e. The Morgan fingerprint density at radius 1 is 1.48 bits per heavy atom. The molecule has 0 bridgehead atoms. The van der Waals surface area contributed by atoms with Gasteiger partial charge in [-0.25, -0.2) is 4.79 Å². The summed E-state index contributed by atoms with van der Waals surface area (Å²) in [7, 11) is 0. The van der Waals surface area contributed by atoms with Crippen LogP contribution in [-0.4, -0.2) is 40.3 Å². The number of rotatable bonds is 3. The van der Waals surface area contributed by atoms with Crippen LogP contribution < -0.4 is 5.32 Å². The molecule has 1 aromatic heterocycles. The van der Waals surface area contributed by atoms with Gasteiger partial charge in [-0.05, 0) is 33.6 Å². The number of nitrogens with zero attached hydrogens (tertiary/aromatic N) is 2. The second-order valence-electron chi connectivity index (χ2n) is 5.85. The summed E-state index contributed by atoms with van der Waals surface area (Å²) in [6.45, 7) is 6.44. The number of nitrogens with one attached hydrogen (secondary N) is 1. The highest BCUT2D eigenvalue weighted by Gasteiger charge is 2.39. The van der Waals surface area contributed by atoms with Crippen molar-refractivity contribution in [3.05, 3.63) is 17.0 Å². The first-order valence-electron chi connectivity index (χ1n) is 7.01. The van der Waals surface area contributed by atoms with Gasteiger partial charge in [0.2, 0.25) is 0 Å². The highest BCUT2D eigenvalue weighted by Crippen LogP contribution is 2.29. The standard InChI is InChI=1S/C14H21N3O4/c1-9-11(10(2)21-16-9)7-15-13(20)17-6-4-5-14(3,8-17)12(18)19/h4-8H2,1-3H3,(H,15,20)(H,18,19). The minimum absolute atomic E-state index is 0.232. The largest absolute Gasteiger partial charge is 0.481 e. The van der Waals surface area contributed by atoms with Crippen molar-refractivity contribution in [2.24, 2.45) is 5.41 Å². The lowest BCUT2D eigenvalue weighted by molar-refractivity contribution is -0.150. The molecule has 0 aliphatic carbocycles. The Balaban J connectivity index is 1.96. The summed E-state index contributed by atoms with van der Waals surface area (Å²) in [6, 6.07) is -0.248. The second-order valence-corrected chi connectivity index (χ2v) is 5.85. The van der Waals surface area contributed by atoms with E-state index in [2.05, 4.69) is 10.5 Å². The first-order chi connectivity index (χ1) is 9.83. The number of carboxylic acid groups (broad SMARTS) is 1. The van der Waals surface area contributed by atoms with Gasteiger partial charge in [0.25, 0.3) is 0 Å². The van der Waals surface area contributed by atoms with Gasteiger partial charge in [-0.3, -0.25) is 4.79 Å². The van der Waals surface area contributed by atoms with Gasteiger partial charge in [0.1, 0.15) is 5.76 Å². The SMILES string of the molecule is Cc1noc(C)c1CNC(=O)N1CCCC(C)(C(=O)O)C1. The van der Waals surface area contributed by atoms with Gasteiger partial charge in [0.05, 0.1) is 11.1 Å². The quantitative estimate of drug-likeness (QED) is 0.884. The van der Waals surface area contributed by atoms with Crippen LogP contribution in [0, 0.1) is 19.3 Å². The van der Waals surface area contributed by atoms with Crippen LogP contribution in [0.4, 0.5) is 4.79 Å². The van der Waals surface area contributed by atoms with Crippen LogP contribution in [0.2, 0.25) is 0 Å². The van der Waals surface area contributed by atoms with Gasteiger partial charge in [-0.1, -0.05) is 5.16 Å². The Hall–Kier alpha value is -2.05. The lowest BCUT2D eigenvalue weighted by Gasteiger charge is -2.37. The van der Waals surface area contributed by atoms with Crippen molar-refractivity contribution in [1.29, 1.82) is 0 Å². The third kappa shape index (κ3) is 3.17. The molecule has 1 aliphatic rings. The molecule has 2 N–H and O–H groups in total. The van der Waals surface area contributed by atoms with Gasteiger partial charge in [-0.15, -0.1) is 0 Å². The van der Waals surface area contributed by atoms with Crippen molar-refractivity contribution in [3.8, 4) is 0 Å². The van der Waals surface area contributed by atoms with E-state index < -0.39 is 11.4 Å². The molecule has 2 amide bonds. The maximum absolute atomic E-state index is 12.2. The molecule has 7 nitrogen and oxygen atoms in total. The molecule has 0 aromatic carbocycles. The predicted molar refractivity (Wildman–Crippen MR) is 74.8 cm³/mol. The molecular weight excluding hydrogens is 274 g/mol. The van der Waals surface area contributed by atoms with E-state index in [1.165, 1.54) is 0 Å². The maximum atomic E-state index is 12.2. The van der Waals surface area contributed by atoms with E-state index in [1.54, 1.807) is 18.7 Å². The monoisotopic (exact) mass is 295 g/mol. The van der Waals surface area contributed by atoms with Gasteiger partial charge >= 0.3 is 12.0 Å². The molecule has 0 spiro atoms. The fourth-order valence-corrected chi connectivity index (χ4v) is 2.62. The Labute approximate surface area is 123 Å². The number of carbonyl (C=O) groups is 2. The summed E-state index contributed by atoms with van der Waals surface area (Å²) >= 11 is 0. The van der Waals surface area contributed by atoms with Crippen molar-refractivity contribution in [1.82, 2.24) is 15.4 Å². The number of carboxylic acids is 1. The number of piperidine rings is 1. The number of hydrogen-bond donors (Lipinski definition) is 2. The number of likely N-dealkylation sites (tertiary alicyclic amines) is 1. The van der Waals surface area contributed by atoms with Crippen LogP contribution in [0.3, 0.4) is 0 Å². The Bertz CT molecular complexity index is 535. The average Bonchev–Trinajstić information content (AvgIpc) is 2.75. The molecule has 1 aromatic rings. The van der Waals surface area contributed by atoms with E-state index in [0.29, 0.717) is 31.7 Å². The van der Waals surface area contributed by atoms with Crippen molar-refractivity contribution < 1.29 is 19.2 Å². The molecule has 0 radical (unpaired) electrons. The molecule has 0 saturated carbocycles. The summed E-state index contributed by atoms with van der Waals surface area (Å²) in [6.07, 6.45) is 1.29. The number of hydrogen-bond acceptors (Lipinski definition) is 4. The van der Waals surface area contributed by atoms with Crippen molar-refractivity contribution in [2.75, 3.05) is 13.1 Å². The molecule has 2 rings (SSSR count). The van der Waals surface area contributed by atoms with E-state index in [4.69, 9.17) is 4.52 Å². The molecule has 1 atom stereocenters. The van der Waals surface area contributed by atoms with E-state index >= 15 is 0 Å². The van der Waals surface area contributed by atoms with Crippen LogP contribution in [0.5, 0.6) is 0 Å². The minimum atomic E-state index is -0.862. The summed E-state index contributed by atoms with van der Waals surface area (Å²) in [5.41, 5.74) is 0.752. The van der Waals surface area contributed by atoms with Gasteiger partial charge in [0.15, 0.2) is 0 Å². The maximum Gasteiger partial charge on any atom is 0.317 e. The predicted octanol–water partition coefficient (Wildman–Crippen LogP) is 1.69. The normalized spacial score (nSPS) is 22.1. The van der Waals surface area contributed by atoms with E-state index in [9.17, 15) is 14.7 Å². The van der Waals surface area contributed by atoms with E-state index in [1.807, 2.05) is 6.92 Å². The zero-order chi connectivity index (χ0) is 15.6. The van der Waals surface area contributed by atoms with Crippen LogP contribution in [0.25, 0.3) is 0 Å². The Morgan fingerprint density at radius 3 is 2.76 bits per heavy atom. The number of aliphatic carboxylic acids is 1. The van der Waals surface area contributed by atoms with Crippen LogP contribution in [-0.2, 0) is 11.3 Å². The Morgan fingerprint density at radius 2 is 2.19 bits per heavy atom. The van der Waals surface area contributed by atoms with Gasteiger partial charge in [-0.2, -0.15) is 0 Å². The second kappa shape index (κ2) is 5.75. The average molecular weight is 295 g/mol. The number of carbonyl (C=O) groups excluding carboxylic acids is 1. The van der Waals surface area contributed by atoms with E-state index in [0.717, 1.165) is 11.3 Å². The summed E-state index contributed by atoms with van der Waals surface area (Å²) in [4.78, 5) is 25.1. The first kappa shape index (κ1) is 15.3. The fraction of sp³-hybridized carbons (Fsp3) is 0.643. The molecule has 1 fully saturated rings. The summed E-state index contributed by atoms with van der Waals surface area (Å²) in [5.74, 6) is -0.174. The molecule has 7 heteroatoms. The lowest BCUT2D eigenvalue weighted by Crippen LogP contribution is -2.51. The fourth-order valence-electron chi connectivity index (χ4n) is 2.62. The summed E-state index contributed by atoms with van der Waals surface area (Å²) < 4.78 is 5.04. The van der Waals surface area contributed by atoms with E-state index in [-0.39, 0.29) is 12.6 Å². The Kier molecular flexibility index (Phi) is 4.20. The topological polar surface area (TPSA) is 95.7 Å². The zero-order valence-corrected chi connectivity index (χ0v) is 12.6. The van der Waals surface area contributed by atoms with Crippen LogP contribution in [0.15, 0.2) is 4.52 Å². The van der Waals surface area contributed by atoms with Crippen LogP contribution in [0.1, 0.15) is 36.8 Å². The van der Waals surface area contributed by atoms with Gasteiger partial charge in [0, 0.05) is 25.2 Å². The van der Waals surface area contributed by atoms with Crippen LogP contribution >= 0.6 is 0 Å². The molecule has 1 aliphatic heterocycles. The van der Waals surface area contributed by atoms with Gasteiger partial charge < -0.3 is 19.8 Å².